The number of nitrogens with two attached hydrogens (primary N) is 1. The number of fused-ring (bicyclic) bond motifs is 6. The van der Waals surface area contributed by atoms with Crippen LogP contribution in [0.15, 0.2) is 66.4 Å². The molecule has 2 aromatic carbocycles. The number of nitrogens with zero attached hydrogens (tertiary/aromatic N) is 3. The minimum Gasteiger partial charge on any atom is -0.495 e. The number of halogens is 1. The second kappa shape index (κ2) is 18.6. The molecule has 0 radical (unpaired) electrons. The zero-order valence-electron chi connectivity index (χ0n) is 35.8. The molecule has 0 saturated carbocycles. The Kier molecular flexibility index (Phi) is 14.2. The second-order valence-electron chi connectivity index (χ2n) is 15.4. The van der Waals surface area contributed by atoms with Crippen molar-refractivity contribution in [2.45, 2.75) is 103 Å². The van der Waals surface area contributed by atoms with Crippen LogP contribution in [0.1, 0.15) is 70.3 Å². The number of rotatable bonds is 6. The molecule has 4 heterocycles. The highest BCUT2D eigenvalue weighted by atomic mass is 35.5. The van der Waals surface area contributed by atoms with Gasteiger partial charge in [0, 0.05) is 50.8 Å². The van der Waals surface area contributed by atoms with Gasteiger partial charge in [-0.25, -0.2) is 9.59 Å². The molecule has 8 atom stereocenters. The average Bonchev–Trinajstić information content (AvgIpc) is 3.93. The van der Waals surface area contributed by atoms with Gasteiger partial charge in [0.15, 0.2) is 5.72 Å². The molecule has 3 aliphatic heterocycles. The van der Waals surface area contributed by atoms with E-state index in [9.17, 15) is 24.3 Å². The number of anilines is 2. The third kappa shape index (κ3) is 9.24. The van der Waals surface area contributed by atoms with Crippen LogP contribution in [0.4, 0.5) is 16.2 Å². The first kappa shape index (κ1) is 45.9. The van der Waals surface area contributed by atoms with Crippen LogP contribution in [-0.2, 0) is 35.0 Å². The van der Waals surface area contributed by atoms with Crippen LogP contribution >= 0.6 is 11.6 Å². The lowest BCUT2D eigenvalue weighted by Gasteiger charge is -2.42. The van der Waals surface area contributed by atoms with Gasteiger partial charge in [-0.15, -0.1) is 0 Å². The molecular formula is C44H56ClN5O10. The van der Waals surface area contributed by atoms with Crippen molar-refractivity contribution >= 4 is 57.8 Å². The monoisotopic (exact) mass is 849 g/mol. The van der Waals surface area contributed by atoms with E-state index in [2.05, 4.69) is 10.3 Å². The summed E-state index contributed by atoms with van der Waals surface area (Å²) < 4.78 is 29.4. The van der Waals surface area contributed by atoms with Crippen LogP contribution in [0.5, 0.6) is 5.75 Å². The summed E-state index contributed by atoms with van der Waals surface area (Å²) in [7, 11) is 5.94. The highest BCUT2D eigenvalue weighted by Gasteiger charge is 2.64. The van der Waals surface area contributed by atoms with Gasteiger partial charge in [-0.3, -0.25) is 19.9 Å². The fourth-order valence-electron chi connectivity index (χ4n) is 7.74. The van der Waals surface area contributed by atoms with Crippen molar-refractivity contribution in [3.05, 3.63) is 82.5 Å². The van der Waals surface area contributed by atoms with Crippen molar-refractivity contribution in [3.63, 3.8) is 0 Å². The normalized spacial score (nSPS) is 28.6. The summed E-state index contributed by atoms with van der Waals surface area (Å²) >= 11 is 6.79. The number of benzene rings is 2. The van der Waals surface area contributed by atoms with E-state index >= 15 is 0 Å². The van der Waals surface area contributed by atoms with Crippen LogP contribution in [0.3, 0.4) is 0 Å². The number of methoxy groups -OCH3 is 2. The van der Waals surface area contributed by atoms with Gasteiger partial charge >= 0.3 is 12.1 Å². The molecule has 15 nitrogen and oxygen atoms in total. The second-order valence-corrected chi connectivity index (χ2v) is 15.8. The van der Waals surface area contributed by atoms with E-state index in [1.165, 1.54) is 38.0 Å². The maximum Gasteiger partial charge on any atom is 0.409 e. The lowest BCUT2D eigenvalue weighted by molar-refractivity contribution is -0.158. The number of alkyl carbamates (subject to hydrolysis) is 1. The van der Waals surface area contributed by atoms with Gasteiger partial charge in [0.25, 0.3) is 5.91 Å². The third-order valence-electron chi connectivity index (χ3n) is 11.5. The van der Waals surface area contributed by atoms with Gasteiger partial charge in [-0.2, -0.15) is 0 Å². The summed E-state index contributed by atoms with van der Waals surface area (Å²) in [6, 6.07) is 9.07. The average molecular weight is 850 g/mol. The standard InChI is InChI=1S/C42H50ClN5O10.C2H6/c1-22-11-9-13-32(55-8)42(53)21-31(56-40(52)46-42)23(2)37-41(4,58-37)33(20-34(49)48(6)29-18-25(17-22)19-30(54-7)35(29)43)57-39(51)24(3)47(5)38(50)27-14-15-28(44)26-12-10-16-45-36(26)27;1-2/h9-16,18-19,23-24,31-33,37,53H,17,20-21,44H2,1-8H3,(H,46,52);1-2H3/b13-9+,22-11+;/t23-,24+,31+,32-,33+,37+,41+,42+;/m1./s1. The van der Waals surface area contributed by atoms with Gasteiger partial charge in [0.1, 0.15) is 40.7 Å². The molecule has 4 bridgehead atoms. The molecular weight excluding hydrogens is 794 g/mol. The number of allylic oxidation sites excluding steroid dienone is 3. The van der Waals surface area contributed by atoms with Crippen molar-refractivity contribution < 1.29 is 48.0 Å². The molecule has 4 N–H and O–H groups in total. The SMILES string of the molecule is CC.COc1cc2cc(c1Cl)N(C)C(=O)C[C@H](OC(=O)[C@H](C)N(C)C(=O)c1ccc(N)c3cccnc13)[C@]1(C)O[C@H]1[C@H](C)[C@@H]1C[C@@](O)(NC(=O)O1)[C@H](OC)/C=C/C=C(\C)C2. The molecule has 60 heavy (non-hydrogen) atoms. The van der Waals surface area contributed by atoms with Crippen LogP contribution in [0, 0.1) is 5.92 Å². The number of pyridine rings is 1. The highest BCUT2D eigenvalue weighted by Crippen LogP contribution is 2.49. The van der Waals surface area contributed by atoms with E-state index in [1.807, 2.05) is 26.8 Å². The Morgan fingerprint density at radius 2 is 1.90 bits per heavy atom. The summed E-state index contributed by atoms with van der Waals surface area (Å²) in [6.07, 6.45) is 2.21. The maximum absolute atomic E-state index is 14.3. The third-order valence-corrected chi connectivity index (χ3v) is 11.9. The van der Waals surface area contributed by atoms with Crippen molar-refractivity contribution in [3.8, 4) is 5.75 Å². The number of amides is 3. The first-order chi connectivity index (χ1) is 28.4. The molecule has 2 fully saturated rings. The summed E-state index contributed by atoms with van der Waals surface area (Å²) in [5, 5.41) is 15.1. The number of ether oxygens (including phenoxy) is 5. The van der Waals surface area contributed by atoms with Crippen molar-refractivity contribution in [2.24, 2.45) is 5.92 Å². The van der Waals surface area contributed by atoms with Crippen molar-refractivity contribution in [1.29, 1.82) is 0 Å². The van der Waals surface area contributed by atoms with Crippen LogP contribution in [0.2, 0.25) is 5.02 Å². The first-order valence-electron chi connectivity index (χ1n) is 19.9. The summed E-state index contributed by atoms with van der Waals surface area (Å²) in [5.74, 6) is -1.97. The zero-order chi connectivity index (χ0) is 44.3. The van der Waals surface area contributed by atoms with Crippen LogP contribution < -0.4 is 20.7 Å². The van der Waals surface area contributed by atoms with Gasteiger partial charge in [-0.1, -0.05) is 56.2 Å². The number of hydrogen-bond acceptors (Lipinski definition) is 12. The lowest BCUT2D eigenvalue weighted by atomic mass is 9.83. The van der Waals surface area contributed by atoms with E-state index in [-0.39, 0.29) is 23.4 Å². The molecule has 2 saturated heterocycles. The molecule has 324 valence electrons. The number of esters is 1. The Morgan fingerprint density at radius 3 is 2.58 bits per heavy atom. The number of aromatic nitrogens is 1. The van der Waals surface area contributed by atoms with Crippen LogP contribution in [-0.4, -0.2) is 109 Å². The fourth-order valence-corrected chi connectivity index (χ4v) is 8.05. The predicted molar refractivity (Wildman–Crippen MR) is 228 cm³/mol. The molecule has 0 spiro atoms. The molecule has 3 aliphatic rings. The topological polar surface area (TPSA) is 195 Å². The molecule has 6 rings (SSSR count). The largest absolute Gasteiger partial charge is 0.495 e. The Morgan fingerprint density at radius 1 is 1.18 bits per heavy atom. The van der Waals surface area contributed by atoms with Crippen molar-refractivity contribution in [2.75, 3.05) is 38.9 Å². The minimum absolute atomic E-state index is 0.0732. The molecule has 1 aromatic heterocycles. The Bertz CT molecular complexity index is 2180. The number of likely N-dealkylation sites (N-methyl/N-ethyl adjacent to an activating group) is 1. The van der Waals surface area contributed by atoms with E-state index in [0.717, 1.165) is 11.1 Å². The van der Waals surface area contributed by atoms with E-state index in [0.29, 0.717) is 34.4 Å². The fraction of sp³-hybridized carbons (Fsp3) is 0.477. The Balaban J connectivity index is 0.00000336. The number of carbonyl (C=O) groups is 4. The van der Waals surface area contributed by atoms with Gasteiger partial charge in [0.2, 0.25) is 5.91 Å². The van der Waals surface area contributed by atoms with Gasteiger partial charge < -0.3 is 44.3 Å². The molecule has 3 amide bonds. The molecule has 16 heteroatoms. The summed E-state index contributed by atoms with van der Waals surface area (Å²) in [4.78, 5) is 62.1. The first-order valence-corrected chi connectivity index (χ1v) is 20.3. The van der Waals surface area contributed by atoms with Crippen molar-refractivity contribution in [1.82, 2.24) is 15.2 Å². The molecule has 0 aliphatic carbocycles. The Hall–Kier alpha value is -5.22. The van der Waals surface area contributed by atoms with E-state index in [4.69, 9.17) is 41.0 Å². The predicted octanol–water partition coefficient (Wildman–Crippen LogP) is 5.98. The maximum atomic E-state index is 14.3. The number of nitrogens with one attached hydrogen (secondary N) is 1. The quantitative estimate of drug-likeness (QED) is 0.149. The number of carbonyl (C=O) groups excluding carboxylic acids is 4. The van der Waals surface area contributed by atoms with Gasteiger partial charge in [-0.05, 0) is 69.2 Å². The van der Waals surface area contributed by atoms with Crippen LogP contribution in [0.25, 0.3) is 10.9 Å². The van der Waals surface area contributed by atoms with Gasteiger partial charge in [0.05, 0.1) is 36.4 Å². The summed E-state index contributed by atoms with van der Waals surface area (Å²) in [5.41, 5.74) is 6.17. The lowest BCUT2D eigenvalue weighted by Crippen LogP contribution is -2.63. The Labute approximate surface area is 355 Å². The molecule has 0 unspecified atom stereocenters. The number of nitrogen functional groups attached to an aromatic ring is 1. The number of hydrogen-bond donors (Lipinski definition) is 3. The zero-order valence-corrected chi connectivity index (χ0v) is 36.5. The minimum atomic E-state index is -1.85. The highest BCUT2D eigenvalue weighted by molar-refractivity contribution is 6.35. The van der Waals surface area contributed by atoms with E-state index in [1.54, 1.807) is 75.6 Å². The summed E-state index contributed by atoms with van der Waals surface area (Å²) in [6.45, 7) is 10.9. The van der Waals surface area contributed by atoms with E-state index < -0.39 is 71.6 Å². The smallest absolute Gasteiger partial charge is 0.409 e. The number of aliphatic hydroxyl groups is 1. The molecule has 3 aromatic rings. The number of epoxide rings is 1.